The van der Waals surface area contributed by atoms with E-state index < -0.39 is 0 Å². The zero-order valence-corrected chi connectivity index (χ0v) is 11.7. The van der Waals surface area contributed by atoms with Gasteiger partial charge in [0.15, 0.2) is 0 Å². The van der Waals surface area contributed by atoms with E-state index >= 15 is 0 Å². The van der Waals surface area contributed by atoms with Gasteiger partial charge in [-0.15, -0.1) is 11.3 Å². The van der Waals surface area contributed by atoms with Gasteiger partial charge in [0.2, 0.25) is 0 Å². The monoisotopic (exact) mass is 282 g/mol. The molecule has 2 aromatic heterocycles. The van der Waals surface area contributed by atoms with Gasteiger partial charge in [-0.2, -0.15) is 0 Å². The van der Waals surface area contributed by atoms with Gasteiger partial charge in [-0.25, -0.2) is 9.97 Å². The maximum atomic E-state index is 4.78. The summed E-state index contributed by atoms with van der Waals surface area (Å²) in [6.07, 6.45) is 2.77. The number of aromatic nitrogens is 3. The van der Waals surface area contributed by atoms with Crippen molar-refractivity contribution < 1.29 is 0 Å². The highest BCUT2D eigenvalue weighted by Gasteiger charge is 2.25. The van der Waals surface area contributed by atoms with Crippen LogP contribution in [0.2, 0.25) is 0 Å². The second kappa shape index (κ2) is 4.85. The Kier molecular flexibility index (Phi) is 2.86. The molecular weight excluding hydrogens is 268 g/mol. The summed E-state index contributed by atoms with van der Waals surface area (Å²) in [4.78, 5) is 12.4. The van der Waals surface area contributed by atoms with Crippen molar-refractivity contribution in [2.75, 3.05) is 6.54 Å². The molecule has 4 nitrogen and oxygen atoms in total. The highest BCUT2D eigenvalue weighted by atomic mass is 32.1. The number of fused-ring (bicyclic) bond motifs is 1. The minimum Gasteiger partial charge on any atom is -0.348 e. The highest BCUT2D eigenvalue weighted by molar-refractivity contribution is 7.13. The molecule has 1 aliphatic rings. The van der Waals surface area contributed by atoms with Gasteiger partial charge in [0, 0.05) is 29.6 Å². The van der Waals surface area contributed by atoms with E-state index in [2.05, 4.69) is 32.8 Å². The number of H-pyrrole nitrogens is 1. The van der Waals surface area contributed by atoms with Crippen LogP contribution in [0.1, 0.15) is 23.1 Å². The molecule has 4 rings (SSSR count). The summed E-state index contributed by atoms with van der Waals surface area (Å²) in [7, 11) is 0. The van der Waals surface area contributed by atoms with Crippen LogP contribution in [0.25, 0.3) is 10.6 Å². The molecule has 0 saturated carbocycles. The standard InChI is InChI=1S/C15H14N4S/c1-2-4-10(5-3-1)15-19-12(8-20-15)14-13-11(6-7-16-14)17-9-18-13/h1-5,8-9,14,16H,6-7H2,(H,17,18)/t14-/m0/s1. The number of benzene rings is 1. The van der Waals surface area contributed by atoms with E-state index in [4.69, 9.17) is 4.98 Å². The van der Waals surface area contributed by atoms with E-state index in [-0.39, 0.29) is 6.04 Å². The van der Waals surface area contributed by atoms with Crippen LogP contribution in [0.5, 0.6) is 0 Å². The Bertz CT molecular complexity index is 716. The van der Waals surface area contributed by atoms with Gasteiger partial charge >= 0.3 is 0 Å². The van der Waals surface area contributed by atoms with Crippen molar-refractivity contribution >= 4 is 11.3 Å². The van der Waals surface area contributed by atoms with Gasteiger partial charge < -0.3 is 10.3 Å². The maximum Gasteiger partial charge on any atom is 0.123 e. The normalized spacial score (nSPS) is 17.9. The number of nitrogens with zero attached hydrogens (tertiary/aromatic N) is 2. The van der Waals surface area contributed by atoms with Gasteiger partial charge in [0.1, 0.15) is 5.01 Å². The second-order valence-corrected chi connectivity index (χ2v) is 5.71. The van der Waals surface area contributed by atoms with Crippen molar-refractivity contribution in [2.45, 2.75) is 12.5 Å². The molecular formula is C15H14N4S. The van der Waals surface area contributed by atoms with Crippen LogP contribution < -0.4 is 5.32 Å². The van der Waals surface area contributed by atoms with E-state index in [0.29, 0.717) is 0 Å². The third-order valence-corrected chi connectivity index (χ3v) is 4.50. The largest absolute Gasteiger partial charge is 0.348 e. The molecule has 0 fully saturated rings. The van der Waals surface area contributed by atoms with Gasteiger partial charge in [0.05, 0.1) is 23.8 Å². The molecule has 20 heavy (non-hydrogen) atoms. The number of nitrogens with one attached hydrogen (secondary N) is 2. The van der Waals surface area contributed by atoms with E-state index in [1.807, 2.05) is 18.2 Å². The number of rotatable bonds is 2. The van der Waals surface area contributed by atoms with Crippen LogP contribution in [0.3, 0.4) is 0 Å². The lowest BCUT2D eigenvalue weighted by atomic mass is 10.0. The number of thiazole rings is 1. The number of imidazole rings is 1. The van der Waals surface area contributed by atoms with Crippen molar-refractivity contribution in [1.29, 1.82) is 0 Å². The Morgan fingerprint density at radius 1 is 1.20 bits per heavy atom. The lowest BCUT2D eigenvalue weighted by Gasteiger charge is -2.21. The minimum atomic E-state index is 0.110. The van der Waals surface area contributed by atoms with E-state index in [1.165, 1.54) is 11.3 Å². The molecule has 0 saturated heterocycles. The van der Waals surface area contributed by atoms with Gasteiger partial charge in [-0.1, -0.05) is 30.3 Å². The minimum absolute atomic E-state index is 0.110. The van der Waals surface area contributed by atoms with Gasteiger partial charge in [-0.05, 0) is 0 Å². The zero-order chi connectivity index (χ0) is 13.4. The molecule has 1 aromatic carbocycles. The Morgan fingerprint density at radius 3 is 3.00 bits per heavy atom. The highest BCUT2D eigenvalue weighted by Crippen LogP contribution is 2.30. The Balaban J connectivity index is 1.70. The molecule has 100 valence electrons. The van der Waals surface area contributed by atoms with E-state index in [0.717, 1.165) is 29.4 Å². The molecule has 0 radical (unpaired) electrons. The number of aromatic amines is 1. The maximum absolute atomic E-state index is 4.78. The summed E-state index contributed by atoms with van der Waals surface area (Å²) in [6, 6.07) is 10.4. The molecule has 0 unspecified atom stereocenters. The van der Waals surface area contributed by atoms with Crippen LogP contribution >= 0.6 is 11.3 Å². The van der Waals surface area contributed by atoms with Crippen molar-refractivity contribution in [3.8, 4) is 10.6 Å². The lowest BCUT2D eigenvalue weighted by Crippen LogP contribution is -2.30. The SMILES string of the molecule is c1ccc(-c2nc([C@@H]3NCCc4[nH]cnc43)cs2)cc1. The Morgan fingerprint density at radius 2 is 2.10 bits per heavy atom. The number of hydrogen-bond acceptors (Lipinski definition) is 4. The lowest BCUT2D eigenvalue weighted by molar-refractivity contribution is 0.545. The van der Waals surface area contributed by atoms with Crippen molar-refractivity contribution in [2.24, 2.45) is 0 Å². The predicted octanol–water partition coefficient (Wildman–Crippen LogP) is 2.77. The summed E-state index contributed by atoms with van der Waals surface area (Å²) in [5.41, 5.74) is 4.54. The fourth-order valence-corrected chi connectivity index (χ4v) is 3.45. The fraction of sp³-hybridized carbons (Fsp3) is 0.200. The van der Waals surface area contributed by atoms with Crippen molar-refractivity contribution in [1.82, 2.24) is 20.3 Å². The molecule has 1 aliphatic heterocycles. The van der Waals surface area contributed by atoms with Gasteiger partial charge in [0.25, 0.3) is 0 Å². The molecule has 0 aliphatic carbocycles. The van der Waals surface area contributed by atoms with E-state index in [1.54, 1.807) is 17.7 Å². The first-order chi connectivity index (χ1) is 9.92. The first-order valence-corrected chi connectivity index (χ1v) is 7.56. The Labute approximate surface area is 120 Å². The molecule has 1 atom stereocenters. The van der Waals surface area contributed by atoms with Crippen molar-refractivity contribution in [3.63, 3.8) is 0 Å². The zero-order valence-electron chi connectivity index (χ0n) is 10.8. The van der Waals surface area contributed by atoms with Crippen LogP contribution in [0.4, 0.5) is 0 Å². The molecule has 3 aromatic rings. The van der Waals surface area contributed by atoms with Gasteiger partial charge in [-0.3, -0.25) is 0 Å². The fourth-order valence-electron chi connectivity index (χ4n) is 2.60. The molecule has 0 spiro atoms. The van der Waals surface area contributed by atoms with Crippen LogP contribution in [0, 0.1) is 0 Å². The number of hydrogen-bond donors (Lipinski definition) is 2. The molecule has 2 N–H and O–H groups in total. The predicted molar refractivity (Wildman–Crippen MR) is 79.7 cm³/mol. The molecule has 5 heteroatoms. The topological polar surface area (TPSA) is 53.6 Å². The van der Waals surface area contributed by atoms with Crippen LogP contribution in [-0.2, 0) is 6.42 Å². The molecule has 0 amide bonds. The first kappa shape index (κ1) is 11.8. The second-order valence-electron chi connectivity index (χ2n) is 4.85. The smallest absolute Gasteiger partial charge is 0.123 e. The van der Waals surface area contributed by atoms with Crippen LogP contribution in [-0.4, -0.2) is 21.5 Å². The summed E-state index contributed by atoms with van der Waals surface area (Å²) in [5, 5.41) is 6.69. The third-order valence-electron chi connectivity index (χ3n) is 3.59. The van der Waals surface area contributed by atoms with Crippen LogP contribution in [0.15, 0.2) is 42.0 Å². The average molecular weight is 282 g/mol. The summed E-state index contributed by atoms with van der Waals surface area (Å²) in [6.45, 7) is 0.956. The Hall–Kier alpha value is -1.98. The molecule has 3 heterocycles. The summed E-state index contributed by atoms with van der Waals surface area (Å²) >= 11 is 1.68. The summed E-state index contributed by atoms with van der Waals surface area (Å²) < 4.78 is 0. The van der Waals surface area contributed by atoms with Crippen molar-refractivity contribution in [3.05, 3.63) is 59.1 Å². The van der Waals surface area contributed by atoms with E-state index in [9.17, 15) is 0 Å². The third kappa shape index (κ3) is 1.95. The first-order valence-electron chi connectivity index (χ1n) is 6.68. The molecule has 0 bridgehead atoms. The average Bonchev–Trinajstić information content (AvgIpc) is 3.17. The quantitative estimate of drug-likeness (QED) is 0.760. The summed E-state index contributed by atoms with van der Waals surface area (Å²) in [5.74, 6) is 0.